The number of allylic oxidation sites excluding steroid dienone is 2. The molecule has 3 rings (SSSR count). The summed E-state index contributed by atoms with van der Waals surface area (Å²) in [5, 5.41) is 0. The largest absolute Gasteiger partial charge is 0.461 e. The molecule has 2 aliphatic rings. The molecule has 0 bridgehead atoms. The standard InChI is InChI=1S/C20H23NO2/c1-3-16-9-10-20(11-12-21-15(20)2)18(13-16)14-23-19(22)17-7-5-4-6-8-17/h3-8,13,18H,1,9-12,14H2,2H3/t18-,20-/m0/s1. The first-order valence-corrected chi connectivity index (χ1v) is 8.22. The van der Waals surface area contributed by atoms with Gasteiger partial charge in [0.15, 0.2) is 0 Å². The highest BCUT2D eigenvalue weighted by Crippen LogP contribution is 2.47. The summed E-state index contributed by atoms with van der Waals surface area (Å²) >= 11 is 0. The predicted molar refractivity (Wildman–Crippen MR) is 92.8 cm³/mol. The molecule has 0 saturated heterocycles. The third-order valence-electron chi connectivity index (χ3n) is 5.28. The molecule has 1 aromatic rings. The van der Waals surface area contributed by atoms with E-state index in [4.69, 9.17) is 4.74 Å². The van der Waals surface area contributed by atoms with Crippen molar-refractivity contribution in [2.75, 3.05) is 13.2 Å². The van der Waals surface area contributed by atoms with Gasteiger partial charge in [0.2, 0.25) is 0 Å². The van der Waals surface area contributed by atoms with E-state index in [1.165, 1.54) is 11.3 Å². The molecule has 1 aromatic carbocycles. The molecule has 1 aliphatic heterocycles. The Morgan fingerprint density at radius 3 is 2.83 bits per heavy atom. The molecule has 1 heterocycles. The number of ether oxygens (including phenoxy) is 1. The van der Waals surface area contributed by atoms with Crippen LogP contribution in [0, 0.1) is 11.3 Å². The molecule has 2 atom stereocenters. The number of nitrogens with zero attached hydrogens (tertiary/aromatic N) is 1. The fourth-order valence-electron chi connectivity index (χ4n) is 3.78. The van der Waals surface area contributed by atoms with Crippen LogP contribution in [0.3, 0.4) is 0 Å². The molecule has 3 heteroatoms. The van der Waals surface area contributed by atoms with Crippen molar-refractivity contribution < 1.29 is 9.53 Å². The van der Waals surface area contributed by atoms with Crippen LogP contribution in [0.4, 0.5) is 0 Å². The molecule has 0 amide bonds. The second-order valence-electron chi connectivity index (χ2n) is 6.39. The number of benzene rings is 1. The van der Waals surface area contributed by atoms with Crippen LogP contribution < -0.4 is 0 Å². The van der Waals surface area contributed by atoms with E-state index in [1.54, 1.807) is 12.1 Å². The molecule has 120 valence electrons. The van der Waals surface area contributed by atoms with Gasteiger partial charge in [0.05, 0.1) is 12.2 Å². The van der Waals surface area contributed by atoms with Crippen molar-refractivity contribution in [3.8, 4) is 0 Å². The van der Waals surface area contributed by atoms with Gasteiger partial charge in [0, 0.05) is 23.6 Å². The summed E-state index contributed by atoms with van der Waals surface area (Å²) in [4.78, 5) is 16.9. The van der Waals surface area contributed by atoms with Gasteiger partial charge < -0.3 is 4.74 Å². The van der Waals surface area contributed by atoms with Crippen molar-refractivity contribution in [3.63, 3.8) is 0 Å². The van der Waals surface area contributed by atoms with Crippen LogP contribution in [-0.2, 0) is 4.74 Å². The van der Waals surface area contributed by atoms with Crippen molar-refractivity contribution in [2.24, 2.45) is 16.3 Å². The van der Waals surface area contributed by atoms with Crippen LogP contribution in [-0.4, -0.2) is 24.8 Å². The van der Waals surface area contributed by atoms with Crippen molar-refractivity contribution in [2.45, 2.75) is 26.2 Å². The Labute approximate surface area is 137 Å². The summed E-state index contributed by atoms with van der Waals surface area (Å²) in [6, 6.07) is 9.16. The molecule has 0 saturated carbocycles. The van der Waals surface area contributed by atoms with Gasteiger partial charge in [-0.2, -0.15) is 0 Å². The van der Waals surface area contributed by atoms with E-state index in [-0.39, 0.29) is 17.3 Å². The smallest absolute Gasteiger partial charge is 0.338 e. The van der Waals surface area contributed by atoms with Gasteiger partial charge in [-0.1, -0.05) is 42.5 Å². The second kappa shape index (κ2) is 6.53. The molecule has 0 unspecified atom stereocenters. The summed E-state index contributed by atoms with van der Waals surface area (Å²) in [5.41, 5.74) is 3.11. The van der Waals surface area contributed by atoms with Crippen molar-refractivity contribution in [3.05, 3.63) is 60.2 Å². The molecule has 1 aliphatic carbocycles. The highest BCUT2D eigenvalue weighted by molar-refractivity contribution is 5.91. The average Bonchev–Trinajstić information content (AvgIpc) is 2.96. The zero-order chi connectivity index (χ0) is 16.3. The number of carbonyl (C=O) groups excluding carboxylic acids is 1. The van der Waals surface area contributed by atoms with Crippen LogP contribution in [0.1, 0.15) is 36.5 Å². The monoisotopic (exact) mass is 309 g/mol. The molecular formula is C20H23NO2. The van der Waals surface area contributed by atoms with Gasteiger partial charge in [-0.25, -0.2) is 4.79 Å². The number of carbonyl (C=O) groups is 1. The number of aliphatic imine (C=N–C) groups is 1. The first kappa shape index (κ1) is 15.7. The molecular weight excluding hydrogens is 286 g/mol. The quantitative estimate of drug-likeness (QED) is 0.781. The summed E-state index contributed by atoms with van der Waals surface area (Å²) in [6.45, 7) is 7.29. The molecule has 0 radical (unpaired) electrons. The van der Waals surface area contributed by atoms with Gasteiger partial charge in [0.25, 0.3) is 0 Å². The van der Waals surface area contributed by atoms with E-state index in [1.807, 2.05) is 24.3 Å². The van der Waals surface area contributed by atoms with Gasteiger partial charge >= 0.3 is 5.97 Å². The molecule has 0 aromatic heterocycles. The minimum atomic E-state index is -0.257. The van der Waals surface area contributed by atoms with E-state index in [2.05, 4.69) is 24.6 Å². The fraction of sp³-hybridized carbons (Fsp3) is 0.400. The highest BCUT2D eigenvalue weighted by Gasteiger charge is 2.44. The molecule has 23 heavy (non-hydrogen) atoms. The minimum absolute atomic E-state index is 0.0590. The van der Waals surface area contributed by atoms with Crippen LogP contribution >= 0.6 is 0 Å². The Balaban J connectivity index is 1.76. The maximum absolute atomic E-state index is 12.2. The van der Waals surface area contributed by atoms with E-state index in [9.17, 15) is 4.79 Å². The summed E-state index contributed by atoms with van der Waals surface area (Å²) < 4.78 is 5.62. The normalized spacial score (nSPS) is 26.6. The third kappa shape index (κ3) is 3.00. The Hall–Kier alpha value is -2.16. The maximum Gasteiger partial charge on any atom is 0.338 e. The molecule has 0 N–H and O–H groups in total. The first-order chi connectivity index (χ1) is 11.2. The van der Waals surface area contributed by atoms with E-state index >= 15 is 0 Å². The lowest BCUT2D eigenvalue weighted by molar-refractivity contribution is 0.0386. The number of hydrogen-bond acceptors (Lipinski definition) is 3. The van der Waals surface area contributed by atoms with E-state index in [0.29, 0.717) is 12.2 Å². The van der Waals surface area contributed by atoms with Crippen LogP contribution in [0.15, 0.2) is 59.6 Å². The first-order valence-electron chi connectivity index (χ1n) is 8.22. The van der Waals surface area contributed by atoms with Gasteiger partial charge in [-0.3, -0.25) is 4.99 Å². The Morgan fingerprint density at radius 1 is 1.39 bits per heavy atom. The molecule has 3 nitrogen and oxygen atoms in total. The van der Waals surface area contributed by atoms with Crippen molar-refractivity contribution in [1.82, 2.24) is 0 Å². The Morgan fingerprint density at radius 2 is 2.17 bits per heavy atom. The number of rotatable bonds is 4. The highest BCUT2D eigenvalue weighted by atomic mass is 16.5. The van der Waals surface area contributed by atoms with Gasteiger partial charge in [-0.15, -0.1) is 0 Å². The Bertz CT molecular complexity index is 659. The SMILES string of the molecule is C=CC1=C[C@@H](COC(=O)c2ccccc2)[C@]2(CCN=C2C)CC1. The number of hydrogen-bond donors (Lipinski definition) is 0. The summed E-state index contributed by atoms with van der Waals surface area (Å²) in [7, 11) is 0. The van der Waals surface area contributed by atoms with Gasteiger partial charge in [0.1, 0.15) is 0 Å². The van der Waals surface area contributed by atoms with Crippen LogP contribution in [0.5, 0.6) is 0 Å². The third-order valence-corrected chi connectivity index (χ3v) is 5.28. The minimum Gasteiger partial charge on any atom is -0.461 e. The maximum atomic E-state index is 12.2. The molecule has 0 fully saturated rings. The predicted octanol–water partition coefficient (Wildman–Crippen LogP) is 4.22. The molecule has 1 spiro atoms. The lowest BCUT2D eigenvalue weighted by Crippen LogP contribution is -2.39. The summed E-state index contributed by atoms with van der Waals surface area (Å²) in [5.74, 6) is -0.0735. The average molecular weight is 309 g/mol. The zero-order valence-corrected chi connectivity index (χ0v) is 13.6. The lowest BCUT2D eigenvalue weighted by Gasteiger charge is -2.39. The second-order valence-corrected chi connectivity index (χ2v) is 6.39. The zero-order valence-electron chi connectivity index (χ0n) is 13.6. The summed E-state index contributed by atoms with van der Waals surface area (Å²) in [6.07, 6.45) is 7.29. The topological polar surface area (TPSA) is 38.7 Å². The lowest BCUT2D eigenvalue weighted by atomic mass is 9.64. The van der Waals surface area contributed by atoms with E-state index < -0.39 is 0 Å². The van der Waals surface area contributed by atoms with Crippen molar-refractivity contribution in [1.29, 1.82) is 0 Å². The number of esters is 1. The Kier molecular flexibility index (Phi) is 4.46. The van der Waals surface area contributed by atoms with Crippen LogP contribution in [0.2, 0.25) is 0 Å². The van der Waals surface area contributed by atoms with Crippen molar-refractivity contribution >= 4 is 11.7 Å². The van der Waals surface area contributed by atoms with Crippen LogP contribution in [0.25, 0.3) is 0 Å². The van der Waals surface area contributed by atoms with E-state index in [0.717, 1.165) is 25.8 Å². The van der Waals surface area contributed by atoms with Gasteiger partial charge in [-0.05, 0) is 38.3 Å². The fourth-order valence-corrected chi connectivity index (χ4v) is 3.78.